The molecule has 0 aliphatic heterocycles. The van der Waals surface area contributed by atoms with Crippen LogP contribution in [-0.4, -0.2) is 48.6 Å². The van der Waals surface area contributed by atoms with Gasteiger partial charge in [0, 0.05) is 30.7 Å². The first-order chi connectivity index (χ1) is 27.6. The van der Waals surface area contributed by atoms with Crippen LogP contribution in [-0.2, 0) is 38.5 Å². The van der Waals surface area contributed by atoms with E-state index in [0.29, 0.717) is 56.6 Å². The smallest absolute Gasteiger partial charge is 0.311 e. The van der Waals surface area contributed by atoms with Crippen molar-refractivity contribution in [3.05, 3.63) is 175 Å². The molecule has 296 valence electrons. The lowest BCUT2D eigenvalue weighted by Crippen LogP contribution is -2.21. The third-order valence-electron chi connectivity index (χ3n) is 8.75. The molecule has 58 heavy (non-hydrogen) atoms. The molecule has 0 amide bonds. The van der Waals surface area contributed by atoms with E-state index in [2.05, 4.69) is 30.1 Å². The molecule has 0 radical (unpaired) electrons. The third kappa shape index (κ3) is 9.24. The average Bonchev–Trinajstić information content (AvgIpc) is 3.79. The zero-order chi connectivity index (χ0) is 41.2. The van der Waals surface area contributed by atoms with Crippen molar-refractivity contribution >= 4 is 45.3 Å². The first-order valence-electron chi connectivity index (χ1n) is 17.0. The number of aromatic nitrogens is 10. The van der Waals surface area contributed by atoms with Gasteiger partial charge in [0.15, 0.2) is 11.3 Å². The Bertz CT molecular complexity index is 2840. The van der Waals surface area contributed by atoms with Crippen LogP contribution in [0.3, 0.4) is 0 Å². The van der Waals surface area contributed by atoms with Gasteiger partial charge in [0.2, 0.25) is 0 Å². The molecule has 0 N–H and O–H groups in total. The Labute approximate surface area is 332 Å². The van der Waals surface area contributed by atoms with Gasteiger partial charge in [-0.2, -0.15) is 36.5 Å². The number of hydrogen-bond donors (Lipinski definition) is 0. The van der Waals surface area contributed by atoms with Gasteiger partial charge >= 0.3 is 12.4 Å². The number of hydrogen-bond acceptors (Lipinski definition) is 8. The maximum atomic E-state index is 12.9. The van der Waals surface area contributed by atoms with E-state index >= 15 is 0 Å². The van der Waals surface area contributed by atoms with E-state index in [1.807, 2.05) is 24.3 Å². The molecule has 20 heteroatoms. The standard InChI is InChI=1S/2C19H13ClF3N5O/c20-17-15-7-26-28(18(15)25-11-24-17)9-13-3-1-12(2-4-13)8-27-10-14(19(21,22)23)5-6-16(27)29;20-17-15-10-28(26-18(15)25-11-24-17)8-13-3-1-12(2-4-13)7-27-9-14(19(21,22)23)5-6-16(27)29/h1-7,10-11H,8-9H2;1-6,9-11H,7-8H2. The Balaban J connectivity index is 0.000000177. The molecule has 0 spiro atoms. The summed E-state index contributed by atoms with van der Waals surface area (Å²) in [6, 6.07) is 17.8. The number of nitrogens with zero attached hydrogens (tertiary/aromatic N) is 10. The first-order valence-corrected chi connectivity index (χ1v) is 17.7. The normalized spacial score (nSPS) is 11.9. The Morgan fingerprint density at radius 3 is 1.50 bits per heavy atom. The third-order valence-corrected chi connectivity index (χ3v) is 9.35. The van der Waals surface area contributed by atoms with Crippen molar-refractivity contribution in [3.63, 3.8) is 0 Å². The lowest BCUT2D eigenvalue weighted by molar-refractivity contribution is -0.138. The topological polar surface area (TPSA) is 131 Å². The van der Waals surface area contributed by atoms with E-state index in [9.17, 15) is 35.9 Å². The maximum absolute atomic E-state index is 12.9. The van der Waals surface area contributed by atoms with Crippen LogP contribution < -0.4 is 11.1 Å². The van der Waals surface area contributed by atoms with Gasteiger partial charge in [-0.1, -0.05) is 71.7 Å². The summed E-state index contributed by atoms with van der Waals surface area (Å²) in [5.74, 6) is 0. The Morgan fingerprint density at radius 2 is 1.00 bits per heavy atom. The highest BCUT2D eigenvalue weighted by Crippen LogP contribution is 2.29. The minimum absolute atomic E-state index is 0.0383. The predicted octanol–water partition coefficient (Wildman–Crippen LogP) is 7.51. The summed E-state index contributed by atoms with van der Waals surface area (Å²) in [5.41, 5.74) is 1.61. The van der Waals surface area contributed by atoms with Crippen LogP contribution in [0.1, 0.15) is 33.4 Å². The van der Waals surface area contributed by atoms with E-state index in [1.165, 1.54) is 12.7 Å². The second kappa shape index (κ2) is 16.2. The summed E-state index contributed by atoms with van der Waals surface area (Å²) in [7, 11) is 0. The highest BCUT2D eigenvalue weighted by molar-refractivity contribution is 6.34. The maximum Gasteiger partial charge on any atom is 0.417 e. The largest absolute Gasteiger partial charge is 0.417 e. The molecule has 0 fully saturated rings. The summed E-state index contributed by atoms with van der Waals surface area (Å²) in [4.78, 5) is 39.8. The van der Waals surface area contributed by atoms with Crippen LogP contribution >= 0.6 is 23.2 Å². The van der Waals surface area contributed by atoms with Crippen molar-refractivity contribution in [1.82, 2.24) is 48.6 Å². The van der Waals surface area contributed by atoms with E-state index in [0.717, 1.165) is 56.9 Å². The summed E-state index contributed by atoms with van der Waals surface area (Å²) >= 11 is 12.0. The molecule has 8 rings (SSSR count). The second-order valence-electron chi connectivity index (χ2n) is 12.8. The van der Waals surface area contributed by atoms with Crippen LogP contribution in [0, 0.1) is 0 Å². The van der Waals surface area contributed by atoms with Crippen LogP contribution in [0.2, 0.25) is 10.3 Å². The average molecular weight is 840 g/mol. The molecule has 0 aliphatic rings. The van der Waals surface area contributed by atoms with Gasteiger partial charge in [0.05, 0.1) is 54.3 Å². The molecular weight excluding hydrogens is 813 g/mol. The minimum atomic E-state index is -4.50. The molecule has 0 aliphatic carbocycles. The fraction of sp³-hybridized carbons (Fsp3) is 0.158. The van der Waals surface area contributed by atoms with Crippen molar-refractivity contribution < 1.29 is 26.3 Å². The zero-order valence-electron chi connectivity index (χ0n) is 29.5. The van der Waals surface area contributed by atoms with E-state index in [4.69, 9.17) is 23.2 Å². The number of fused-ring (bicyclic) bond motifs is 2. The van der Waals surface area contributed by atoms with Gasteiger partial charge in [-0.25, -0.2) is 24.6 Å². The fourth-order valence-corrected chi connectivity index (χ4v) is 6.17. The highest BCUT2D eigenvalue weighted by atomic mass is 35.5. The molecule has 2 aromatic carbocycles. The molecule has 12 nitrogen and oxygen atoms in total. The minimum Gasteiger partial charge on any atom is -0.311 e. The van der Waals surface area contributed by atoms with Gasteiger partial charge in [-0.15, -0.1) is 0 Å². The summed E-state index contributed by atoms with van der Waals surface area (Å²) in [6.07, 6.45) is -1.31. The summed E-state index contributed by atoms with van der Waals surface area (Å²) in [6.45, 7) is 0.966. The molecular formula is C38H26Cl2F6N10O2. The molecule has 0 bridgehead atoms. The number of benzene rings is 2. The van der Waals surface area contributed by atoms with Crippen LogP contribution in [0.25, 0.3) is 22.1 Å². The lowest BCUT2D eigenvalue weighted by atomic mass is 10.1. The lowest BCUT2D eigenvalue weighted by Gasteiger charge is -2.11. The highest BCUT2D eigenvalue weighted by Gasteiger charge is 2.32. The molecule has 0 atom stereocenters. The van der Waals surface area contributed by atoms with Gasteiger partial charge < -0.3 is 9.13 Å². The number of alkyl halides is 6. The second-order valence-corrected chi connectivity index (χ2v) is 13.5. The Hall–Kier alpha value is -6.40. The number of pyridine rings is 2. The van der Waals surface area contributed by atoms with Crippen LogP contribution in [0.15, 0.2) is 120 Å². The molecule has 0 saturated heterocycles. The SMILES string of the molecule is O=c1ccc(C(F)(F)F)cn1Cc1ccc(Cn2cc3c(Cl)ncnc3n2)cc1.O=c1ccc(C(F)(F)F)cn1Cc1ccc(Cn2ncc3c(Cl)ncnc32)cc1. The van der Waals surface area contributed by atoms with Gasteiger partial charge in [0.1, 0.15) is 23.0 Å². The number of rotatable bonds is 8. The molecule has 6 aromatic heterocycles. The van der Waals surface area contributed by atoms with Gasteiger partial charge in [-0.05, 0) is 34.4 Å². The van der Waals surface area contributed by atoms with Gasteiger partial charge in [0.25, 0.3) is 11.1 Å². The summed E-state index contributed by atoms with van der Waals surface area (Å²) in [5, 5.41) is 10.5. The molecule has 0 unspecified atom stereocenters. The number of halogens is 8. The van der Waals surface area contributed by atoms with Crippen molar-refractivity contribution in [2.75, 3.05) is 0 Å². The summed E-state index contributed by atoms with van der Waals surface area (Å²) < 4.78 is 82.6. The Kier molecular flexibility index (Phi) is 11.1. The van der Waals surface area contributed by atoms with Crippen molar-refractivity contribution in [2.24, 2.45) is 0 Å². The van der Waals surface area contributed by atoms with Crippen LogP contribution in [0.4, 0.5) is 26.3 Å². The monoisotopic (exact) mass is 838 g/mol. The van der Waals surface area contributed by atoms with E-state index in [1.54, 1.807) is 46.0 Å². The van der Waals surface area contributed by atoms with Crippen molar-refractivity contribution in [1.29, 1.82) is 0 Å². The van der Waals surface area contributed by atoms with E-state index in [-0.39, 0.29) is 13.1 Å². The van der Waals surface area contributed by atoms with Crippen LogP contribution in [0.5, 0.6) is 0 Å². The van der Waals surface area contributed by atoms with Gasteiger partial charge in [-0.3, -0.25) is 14.3 Å². The Morgan fingerprint density at radius 1 is 0.534 bits per heavy atom. The molecule has 8 aromatic rings. The fourth-order valence-electron chi connectivity index (χ4n) is 5.82. The van der Waals surface area contributed by atoms with Crippen molar-refractivity contribution in [3.8, 4) is 0 Å². The molecule has 6 heterocycles. The zero-order valence-corrected chi connectivity index (χ0v) is 31.0. The quantitative estimate of drug-likeness (QED) is 0.114. The molecule has 0 saturated carbocycles. The van der Waals surface area contributed by atoms with Crippen molar-refractivity contribution in [2.45, 2.75) is 38.5 Å². The predicted molar refractivity (Wildman–Crippen MR) is 201 cm³/mol. The van der Waals surface area contributed by atoms with E-state index < -0.39 is 34.6 Å². The first kappa shape index (κ1) is 39.8.